The quantitative estimate of drug-likeness (QED) is 0.251. The van der Waals surface area contributed by atoms with Gasteiger partial charge < -0.3 is 19.5 Å². The van der Waals surface area contributed by atoms with Crippen molar-refractivity contribution in [3.8, 4) is 0 Å². The molecule has 13 heteroatoms. The number of imidazole rings is 1. The van der Waals surface area contributed by atoms with E-state index in [1.165, 1.54) is 17.0 Å². The molecule has 1 saturated heterocycles. The van der Waals surface area contributed by atoms with E-state index < -0.39 is 40.4 Å². The van der Waals surface area contributed by atoms with Crippen molar-refractivity contribution in [3.05, 3.63) is 70.0 Å². The van der Waals surface area contributed by atoms with Gasteiger partial charge >= 0.3 is 6.09 Å². The number of fused-ring (bicyclic) bond motifs is 1. The molecule has 3 aromatic rings. The normalized spacial score (nSPS) is 17.3. The Morgan fingerprint density at radius 2 is 1.87 bits per heavy atom. The summed E-state index contributed by atoms with van der Waals surface area (Å²) < 4.78 is 7.21. The molecule has 0 saturated carbocycles. The van der Waals surface area contributed by atoms with Crippen molar-refractivity contribution in [1.29, 1.82) is 0 Å². The van der Waals surface area contributed by atoms with Crippen LogP contribution in [0.5, 0.6) is 0 Å². The van der Waals surface area contributed by atoms with Crippen molar-refractivity contribution in [3.63, 3.8) is 0 Å². The van der Waals surface area contributed by atoms with E-state index in [-0.39, 0.29) is 18.8 Å². The lowest BCUT2D eigenvalue weighted by molar-refractivity contribution is -0.384. The van der Waals surface area contributed by atoms with E-state index in [2.05, 4.69) is 10.3 Å². The first-order chi connectivity index (χ1) is 17.9. The van der Waals surface area contributed by atoms with Crippen molar-refractivity contribution in [2.75, 3.05) is 13.1 Å². The Balaban J connectivity index is 1.43. The zero-order chi connectivity index (χ0) is 27.6. The van der Waals surface area contributed by atoms with Crippen LogP contribution in [0.4, 0.5) is 10.5 Å². The topological polar surface area (TPSA) is 169 Å². The number of hydrogen-bond donors (Lipinski definition) is 3. The van der Waals surface area contributed by atoms with E-state index in [0.717, 1.165) is 11.1 Å². The Kier molecular flexibility index (Phi) is 7.30. The molecular formula is C25H28N6O7. The molecule has 1 aliphatic rings. The molecule has 0 spiro atoms. The molecule has 3 N–H and O–H groups in total. The maximum atomic E-state index is 12.9. The number of hydrogen-bond acceptors (Lipinski definition) is 8. The number of nitrogens with zero attached hydrogens (tertiary/aromatic N) is 4. The minimum atomic E-state index is -0.860. The van der Waals surface area contributed by atoms with Crippen LogP contribution >= 0.6 is 0 Å². The fourth-order valence-electron chi connectivity index (χ4n) is 4.28. The summed E-state index contributed by atoms with van der Waals surface area (Å²) in [6, 6.07) is 10.6. The van der Waals surface area contributed by atoms with Gasteiger partial charge in [-0.1, -0.05) is 12.1 Å². The summed E-state index contributed by atoms with van der Waals surface area (Å²) in [5, 5.41) is 22.9. The lowest BCUT2D eigenvalue weighted by Gasteiger charge is -2.24. The van der Waals surface area contributed by atoms with E-state index in [9.17, 15) is 24.5 Å². The largest absolute Gasteiger partial charge is 0.444 e. The first-order valence-electron chi connectivity index (χ1n) is 11.9. The number of nitro groups is 1. The summed E-state index contributed by atoms with van der Waals surface area (Å²) >= 11 is 0. The smallest absolute Gasteiger partial charge is 0.410 e. The van der Waals surface area contributed by atoms with Crippen LogP contribution in [-0.2, 0) is 16.1 Å². The Hall–Kier alpha value is -4.52. The second-order valence-electron chi connectivity index (χ2n) is 10.0. The fraction of sp³-hybridized carbons (Fsp3) is 0.360. The number of rotatable bonds is 6. The number of carbonyl (C=O) groups excluding carboxylic acids is 3. The molecule has 1 aliphatic heterocycles. The number of nitrogens with one attached hydrogen (secondary N) is 2. The number of nitro benzene ring substituents is 1. The maximum Gasteiger partial charge on any atom is 0.410 e. The number of benzene rings is 2. The highest BCUT2D eigenvalue weighted by Gasteiger charge is 2.41. The Morgan fingerprint density at radius 1 is 1.16 bits per heavy atom. The van der Waals surface area contributed by atoms with Crippen molar-refractivity contribution >= 4 is 34.6 Å². The number of likely N-dealkylation sites (tertiary alicyclic amines) is 1. The first kappa shape index (κ1) is 26.5. The minimum Gasteiger partial charge on any atom is -0.444 e. The molecule has 0 aliphatic carbocycles. The van der Waals surface area contributed by atoms with Crippen LogP contribution < -0.4 is 10.8 Å². The minimum absolute atomic E-state index is 0.0206. The van der Waals surface area contributed by atoms with E-state index in [1.54, 1.807) is 62.9 Å². The Morgan fingerprint density at radius 3 is 2.50 bits per heavy atom. The van der Waals surface area contributed by atoms with Crippen LogP contribution in [0.1, 0.15) is 36.7 Å². The average molecular weight is 525 g/mol. The molecule has 0 unspecified atom stereocenters. The second-order valence-corrected chi connectivity index (χ2v) is 10.0. The SMILES string of the molecule is CC(C)(C)OC(=O)N1C[C@H](C(=O)NO)[C@H](NC(=O)c2ccc(Cn3cnc4cc([N+](=O)[O-])ccc43)cc2)C1. The molecular weight excluding hydrogens is 496 g/mol. The number of ether oxygens (including phenoxy) is 1. The van der Waals surface area contributed by atoms with Crippen molar-refractivity contribution < 1.29 is 29.3 Å². The highest BCUT2D eigenvalue weighted by Crippen LogP contribution is 2.22. The summed E-state index contributed by atoms with van der Waals surface area (Å²) in [5.74, 6) is -2.01. The lowest BCUT2D eigenvalue weighted by Crippen LogP contribution is -2.45. The molecule has 4 rings (SSSR count). The fourth-order valence-corrected chi connectivity index (χ4v) is 4.28. The van der Waals surface area contributed by atoms with Crippen molar-refractivity contribution in [2.45, 2.75) is 39.0 Å². The van der Waals surface area contributed by atoms with Gasteiger partial charge in [0.15, 0.2) is 0 Å². The maximum absolute atomic E-state index is 12.9. The van der Waals surface area contributed by atoms with Gasteiger partial charge in [0.05, 0.1) is 34.2 Å². The molecule has 38 heavy (non-hydrogen) atoms. The predicted molar refractivity (Wildman–Crippen MR) is 134 cm³/mol. The average Bonchev–Trinajstić information content (AvgIpc) is 3.47. The van der Waals surface area contributed by atoms with Gasteiger partial charge in [-0.15, -0.1) is 0 Å². The van der Waals surface area contributed by atoms with Gasteiger partial charge in [0, 0.05) is 37.3 Å². The summed E-state index contributed by atoms with van der Waals surface area (Å²) in [6.45, 7) is 5.63. The Bertz CT molecular complexity index is 1380. The molecule has 0 radical (unpaired) electrons. The van der Waals surface area contributed by atoms with Crippen LogP contribution in [0.3, 0.4) is 0 Å². The third kappa shape index (κ3) is 5.89. The molecule has 3 amide bonds. The lowest BCUT2D eigenvalue weighted by atomic mass is 10.0. The van der Waals surface area contributed by atoms with Gasteiger partial charge in [-0.25, -0.2) is 15.3 Å². The third-order valence-corrected chi connectivity index (χ3v) is 6.12. The van der Waals surface area contributed by atoms with Crippen molar-refractivity contribution in [1.82, 2.24) is 25.2 Å². The molecule has 200 valence electrons. The van der Waals surface area contributed by atoms with Crippen LogP contribution in [0.2, 0.25) is 0 Å². The Labute approximate surface area is 217 Å². The van der Waals surface area contributed by atoms with E-state index in [1.807, 2.05) is 4.57 Å². The monoisotopic (exact) mass is 524 g/mol. The first-order valence-corrected chi connectivity index (χ1v) is 11.9. The molecule has 1 aromatic heterocycles. The third-order valence-electron chi connectivity index (χ3n) is 6.12. The van der Waals surface area contributed by atoms with Gasteiger partial charge in [0.1, 0.15) is 5.60 Å². The van der Waals surface area contributed by atoms with Gasteiger partial charge in [0.25, 0.3) is 11.6 Å². The summed E-state index contributed by atoms with van der Waals surface area (Å²) in [5.41, 5.74) is 3.30. The molecule has 2 heterocycles. The van der Waals surface area contributed by atoms with E-state index >= 15 is 0 Å². The van der Waals surface area contributed by atoms with Gasteiger partial charge in [-0.2, -0.15) is 0 Å². The van der Waals surface area contributed by atoms with Crippen LogP contribution in [0.15, 0.2) is 48.8 Å². The zero-order valence-electron chi connectivity index (χ0n) is 21.1. The highest BCUT2D eigenvalue weighted by molar-refractivity contribution is 5.95. The number of hydroxylamine groups is 1. The summed E-state index contributed by atoms with van der Waals surface area (Å²) in [7, 11) is 0. The van der Waals surface area contributed by atoms with Crippen molar-refractivity contribution in [2.24, 2.45) is 5.92 Å². The highest BCUT2D eigenvalue weighted by atomic mass is 16.6. The summed E-state index contributed by atoms with van der Waals surface area (Å²) in [4.78, 5) is 53.7. The molecule has 0 bridgehead atoms. The van der Waals surface area contributed by atoms with E-state index in [0.29, 0.717) is 17.6 Å². The molecule has 13 nitrogen and oxygen atoms in total. The summed E-state index contributed by atoms with van der Waals surface area (Å²) in [6.07, 6.45) is 0.980. The molecule has 2 atom stereocenters. The number of aromatic nitrogens is 2. The zero-order valence-corrected chi connectivity index (χ0v) is 21.1. The predicted octanol–water partition coefficient (Wildman–Crippen LogP) is 2.46. The number of amides is 3. The van der Waals surface area contributed by atoms with Gasteiger partial charge in [-0.05, 0) is 44.5 Å². The van der Waals surface area contributed by atoms with Gasteiger partial charge in [-0.3, -0.25) is 24.9 Å². The van der Waals surface area contributed by atoms with Crippen LogP contribution in [0.25, 0.3) is 11.0 Å². The molecule has 1 fully saturated rings. The second kappa shape index (κ2) is 10.5. The number of carbonyl (C=O) groups is 3. The standard InChI is InChI=1S/C25H28N6O7/c1-25(2,3)38-24(34)29-12-18(23(33)28-35)20(13-29)27-22(32)16-6-4-15(5-7-16)11-30-14-26-19-10-17(31(36)37)8-9-21(19)30/h4-10,14,18,20,35H,11-13H2,1-3H3,(H,27,32)(H,28,33)/t18-,20+/m0/s1. The van der Waals surface area contributed by atoms with E-state index in [4.69, 9.17) is 9.94 Å². The number of non-ortho nitro benzene ring substituents is 1. The molecule has 2 aromatic carbocycles. The van der Waals surface area contributed by atoms with Crippen LogP contribution in [-0.4, -0.2) is 67.2 Å². The van der Waals surface area contributed by atoms with Crippen LogP contribution in [0, 0.1) is 16.0 Å². The van der Waals surface area contributed by atoms with Gasteiger partial charge in [0.2, 0.25) is 5.91 Å².